The number of methoxy groups -OCH3 is 3. The third-order valence-electron chi connectivity index (χ3n) is 4.11. The van der Waals surface area contributed by atoms with Crippen molar-refractivity contribution in [2.45, 2.75) is 6.92 Å². The maximum Gasteiger partial charge on any atom is 0.348 e. The summed E-state index contributed by atoms with van der Waals surface area (Å²) >= 11 is 0.794. The summed E-state index contributed by atoms with van der Waals surface area (Å²) in [5, 5.41) is 13.5. The van der Waals surface area contributed by atoms with Crippen molar-refractivity contribution >= 4 is 45.8 Å². The molecule has 2 aromatic rings. The van der Waals surface area contributed by atoms with Crippen LogP contribution in [0.3, 0.4) is 0 Å². The van der Waals surface area contributed by atoms with E-state index in [9.17, 15) is 29.3 Å². The van der Waals surface area contributed by atoms with Gasteiger partial charge in [-0.15, -0.1) is 11.3 Å². The zero-order valence-corrected chi connectivity index (χ0v) is 18.2. The molecular formula is C19H18N2O10S. The van der Waals surface area contributed by atoms with Crippen LogP contribution in [0.25, 0.3) is 0 Å². The summed E-state index contributed by atoms with van der Waals surface area (Å²) < 4.78 is 19.1. The quantitative estimate of drug-likeness (QED) is 0.265. The third kappa shape index (κ3) is 5.18. The SMILES string of the molecule is COC(=O)c1sc(NC(=O)COC(=O)c2ccc(OC)c([N+](=O)[O-])c2)c(C(=O)OC)c1C. The van der Waals surface area contributed by atoms with Crippen molar-refractivity contribution in [3.05, 3.63) is 49.9 Å². The first kappa shape index (κ1) is 24.3. The highest BCUT2D eigenvalue weighted by Crippen LogP contribution is 2.34. The van der Waals surface area contributed by atoms with Gasteiger partial charge in [-0.3, -0.25) is 14.9 Å². The molecule has 0 atom stereocenters. The molecule has 0 unspecified atom stereocenters. The van der Waals surface area contributed by atoms with Gasteiger partial charge in [-0.2, -0.15) is 0 Å². The molecule has 170 valence electrons. The molecule has 0 radical (unpaired) electrons. The van der Waals surface area contributed by atoms with Crippen LogP contribution >= 0.6 is 11.3 Å². The number of hydrogen-bond acceptors (Lipinski definition) is 11. The van der Waals surface area contributed by atoms with Gasteiger partial charge in [0.2, 0.25) is 0 Å². The van der Waals surface area contributed by atoms with Crippen LogP contribution in [0.1, 0.15) is 36.0 Å². The number of carbonyl (C=O) groups excluding carboxylic acids is 4. The van der Waals surface area contributed by atoms with E-state index >= 15 is 0 Å². The zero-order chi connectivity index (χ0) is 24.0. The van der Waals surface area contributed by atoms with Gasteiger partial charge in [0.05, 0.1) is 37.4 Å². The molecule has 12 nitrogen and oxygen atoms in total. The van der Waals surface area contributed by atoms with Crippen LogP contribution in [0.15, 0.2) is 18.2 Å². The summed E-state index contributed by atoms with van der Waals surface area (Å²) in [6.45, 7) is 0.727. The van der Waals surface area contributed by atoms with E-state index in [1.807, 2.05) is 0 Å². The second kappa shape index (κ2) is 10.3. The van der Waals surface area contributed by atoms with E-state index in [0.29, 0.717) is 0 Å². The number of carbonyl (C=O) groups is 4. The van der Waals surface area contributed by atoms with E-state index in [2.05, 4.69) is 14.8 Å². The lowest BCUT2D eigenvalue weighted by Crippen LogP contribution is -2.21. The fourth-order valence-electron chi connectivity index (χ4n) is 2.57. The van der Waals surface area contributed by atoms with E-state index in [0.717, 1.165) is 24.5 Å². The van der Waals surface area contributed by atoms with Crippen molar-refractivity contribution in [1.29, 1.82) is 0 Å². The molecule has 1 heterocycles. The lowest BCUT2D eigenvalue weighted by Gasteiger charge is -2.08. The molecule has 2 rings (SSSR count). The highest BCUT2D eigenvalue weighted by atomic mass is 32.1. The van der Waals surface area contributed by atoms with E-state index in [1.54, 1.807) is 0 Å². The van der Waals surface area contributed by atoms with Gasteiger partial charge in [0.25, 0.3) is 5.91 Å². The predicted octanol–water partition coefficient (Wildman–Crippen LogP) is 2.34. The predicted molar refractivity (Wildman–Crippen MR) is 110 cm³/mol. The minimum absolute atomic E-state index is 0.0101. The van der Waals surface area contributed by atoms with Gasteiger partial charge in [-0.25, -0.2) is 14.4 Å². The Hall–Kier alpha value is -4.00. The van der Waals surface area contributed by atoms with E-state index < -0.39 is 41.0 Å². The van der Waals surface area contributed by atoms with Crippen LogP contribution < -0.4 is 10.1 Å². The van der Waals surface area contributed by atoms with Crippen LogP contribution in [0.4, 0.5) is 10.7 Å². The summed E-state index contributed by atoms with van der Waals surface area (Å²) in [6, 6.07) is 3.42. The number of thiophene rings is 1. The number of nitro groups is 1. The topological polar surface area (TPSA) is 160 Å². The monoisotopic (exact) mass is 466 g/mol. The lowest BCUT2D eigenvalue weighted by atomic mass is 10.1. The van der Waals surface area contributed by atoms with Crippen molar-refractivity contribution in [2.24, 2.45) is 0 Å². The molecule has 0 saturated carbocycles. The summed E-state index contributed by atoms with van der Waals surface area (Å²) in [4.78, 5) is 58.9. The smallest absolute Gasteiger partial charge is 0.348 e. The first-order chi connectivity index (χ1) is 15.1. The first-order valence-corrected chi connectivity index (χ1v) is 9.55. The van der Waals surface area contributed by atoms with Gasteiger partial charge in [0, 0.05) is 6.07 Å². The molecule has 1 amide bonds. The van der Waals surface area contributed by atoms with Crippen molar-refractivity contribution in [2.75, 3.05) is 33.3 Å². The average Bonchev–Trinajstić information content (AvgIpc) is 3.11. The number of benzene rings is 1. The van der Waals surface area contributed by atoms with Gasteiger partial charge < -0.3 is 24.3 Å². The van der Waals surface area contributed by atoms with Crippen molar-refractivity contribution < 1.29 is 43.0 Å². The Balaban J connectivity index is 2.16. The third-order valence-corrected chi connectivity index (χ3v) is 5.29. The molecule has 0 fully saturated rings. The van der Waals surface area contributed by atoms with Crippen LogP contribution in [-0.2, 0) is 19.0 Å². The fraction of sp³-hybridized carbons (Fsp3) is 0.263. The van der Waals surface area contributed by atoms with Gasteiger partial charge in [-0.05, 0) is 24.6 Å². The Kier molecular flexibility index (Phi) is 7.85. The summed E-state index contributed by atoms with van der Waals surface area (Å²) in [5.41, 5.74) is -0.395. The normalized spacial score (nSPS) is 10.1. The standard InChI is InChI=1S/C19H18N2O10S/c1-9-14(18(24)29-3)16(32-15(9)19(25)30-4)20-13(22)8-31-17(23)10-5-6-12(28-2)11(7-10)21(26)27/h5-7H,8H2,1-4H3,(H,20,22). The number of rotatable bonds is 8. The van der Waals surface area contributed by atoms with Crippen LogP contribution in [0.2, 0.25) is 0 Å². The van der Waals surface area contributed by atoms with Crippen molar-refractivity contribution in [3.63, 3.8) is 0 Å². The Morgan fingerprint density at radius 3 is 2.28 bits per heavy atom. The molecule has 0 saturated heterocycles. The van der Waals surface area contributed by atoms with Crippen LogP contribution in [0, 0.1) is 17.0 Å². The maximum absolute atomic E-state index is 12.3. The molecule has 13 heteroatoms. The first-order valence-electron chi connectivity index (χ1n) is 8.74. The second-order valence-electron chi connectivity index (χ2n) is 6.01. The molecule has 32 heavy (non-hydrogen) atoms. The Bertz CT molecular complexity index is 1090. The molecule has 0 aliphatic rings. The summed E-state index contributed by atoms with van der Waals surface area (Å²) in [5.74, 6) is -3.34. The van der Waals surface area contributed by atoms with Gasteiger partial charge in [0.1, 0.15) is 9.88 Å². The highest BCUT2D eigenvalue weighted by Gasteiger charge is 2.27. The van der Waals surface area contributed by atoms with E-state index in [4.69, 9.17) is 9.47 Å². The van der Waals surface area contributed by atoms with Gasteiger partial charge in [-0.1, -0.05) is 0 Å². The Morgan fingerprint density at radius 1 is 1.06 bits per heavy atom. The number of nitro benzene ring substituents is 1. The average molecular weight is 466 g/mol. The molecule has 0 aliphatic heterocycles. The molecule has 0 aliphatic carbocycles. The number of ether oxygens (including phenoxy) is 4. The van der Waals surface area contributed by atoms with Crippen LogP contribution in [-0.4, -0.2) is 56.7 Å². The van der Waals surface area contributed by atoms with E-state index in [-0.39, 0.29) is 32.3 Å². The number of esters is 3. The zero-order valence-electron chi connectivity index (χ0n) is 17.4. The maximum atomic E-state index is 12.3. The number of amides is 1. The molecule has 0 spiro atoms. The van der Waals surface area contributed by atoms with Crippen LogP contribution in [0.5, 0.6) is 5.75 Å². The molecule has 1 N–H and O–H groups in total. The van der Waals surface area contributed by atoms with Gasteiger partial charge >= 0.3 is 23.6 Å². The molecular weight excluding hydrogens is 448 g/mol. The number of nitrogens with zero attached hydrogens (tertiary/aromatic N) is 1. The minimum atomic E-state index is -0.989. The number of nitrogens with one attached hydrogen (secondary N) is 1. The summed E-state index contributed by atoms with van der Waals surface area (Å²) in [7, 11) is 3.55. The number of hydrogen-bond donors (Lipinski definition) is 1. The molecule has 1 aromatic heterocycles. The second-order valence-corrected chi connectivity index (χ2v) is 7.03. The largest absolute Gasteiger partial charge is 0.490 e. The number of anilines is 1. The minimum Gasteiger partial charge on any atom is -0.490 e. The molecule has 1 aromatic carbocycles. The molecule has 0 bridgehead atoms. The fourth-order valence-corrected chi connectivity index (χ4v) is 3.70. The summed E-state index contributed by atoms with van der Waals surface area (Å²) in [6.07, 6.45) is 0. The Morgan fingerprint density at radius 2 is 1.72 bits per heavy atom. The highest BCUT2D eigenvalue weighted by molar-refractivity contribution is 7.18. The van der Waals surface area contributed by atoms with Gasteiger partial charge in [0.15, 0.2) is 12.4 Å². The Labute approximate surface area is 185 Å². The van der Waals surface area contributed by atoms with Crippen molar-refractivity contribution in [3.8, 4) is 5.75 Å². The van der Waals surface area contributed by atoms with E-state index in [1.165, 1.54) is 33.3 Å². The van der Waals surface area contributed by atoms with Crippen molar-refractivity contribution in [1.82, 2.24) is 0 Å². The lowest BCUT2D eigenvalue weighted by molar-refractivity contribution is -0.385.